The molecule has 0 spiro atoms. The van der Waals surface area contributed by atoms with Crippen LogP contribution in [0.1, 0.15) is 53.0 Å². The Labute approximate surface area is 135 Å². The third-order valence-electron chi connectivity index (χ3n) is 4.71. The van der Waals surface area contributed by atoms with Crippen molar-refractivity contribution in [2.24, 2.45) is 0 Å². The van der Waals surface area contributed by atoms with Gasteiger partial charge in [0.05, 0.1) is 6.61 Å². The summed E-state index contributed by atoms with van der Waals surface area (Å²) >= 11 is 0. The lowest BCUT2D eigenvalue weighted by Crippen LogP contribution is -2.48. The number of carboxylic acids is 1. The van der Waals surface area contributed by atoms with Gasteiger partial charge in [0, 0.05) is 0 Å². The highest BCUT2D eigenvalue weighted by Crippen LogP contribution is 2.42. The molecule has 1 N–H and O–H groups in total. The second kappa shape index (κ2) is 7.93. The molecule has 0 saturated heterocycles. The van der Waals surface area contributed by atoms with Gasteiger partial charge in [0.25, 0.3) is 0 Å². The van der Waals surface area contributed by atoms with Crippen LogP contribution in [-0.4, -0.2) is 26.0 Å². The minimum absolute atomic E-state index is 0.264. The van der Waals surface area contributed by atoms with Gasteiger partial charge in [-0.2, -0.15) is 0 Å². The average molecular weight is 323 g/mol. The van der Waals surface area contributed by atoms with E-state index < -0.39 is 20.2 Å². The van der Waals surface area contributed by atoms with Gasteiger partial charge >= 0.3 is 5.97 Å². The smallest absolute Gasteiger partial charge is 0.313 e. The van der Waals surface area contributed by atoms with E-state index in [-0.39, 0.29) is 6.61 Å². The van der Waals surface area contributed by atoms with Crippen molar-refractivity contribution in [2.45, 2.75) is 64.1 Å². The van der Waals surface area contributed by atoms with E-state index in [2.05, 4.69) is 41.5 Å². The van der Waals surface area contributed by atoms with Gasteiger partial charge in [-0.3, -0.25) is 4.79 Å². The van der Waals surface area contributed by atoms with Crippen LogP contribution in [0.3, 0.4) is 0 Å². The summed E-state index contributed by atoms with van der Waals surface area (Å²) in [6, 6.07) is 9.39. The predicted octanol–water partition coefficient (Wildman–Crippen LogP) is 5.05. The predicted molar refractivity (Wildman–Crippen MR) is 93.8 cm³/mol. The van der Waals surface area contributed by atoms with Crippen LogP contribution in [0.5, 0.6) is 0 Å². The summed E-state index contributed by atoms with van der Waals surface area (Å²) in [5, 5.41) is 9.57. The highest BCUT2D eigenvalue weighted by Gasteiger charge is 2.45. The maximum Gasteiger partial charge on any atom is 0.313 e. The molecule has 0 heterocycles. The molecule has 1 aromatic carbocycles. The van der Waals surface area contributed by atoms with Gasteiger partial charge in [0.1, 0.15) is 5.92 Å². The molecule has 0 saturated carbocycles. The molecule has 0 bridgehead atoms. The van der Waals surface area contributed by atoms with Crippen molar-refractivity contribution >= 4 is 14.3 Å². The fourth-order valence-electron chi connectivity index (χ4n) is 3.72. The lowest BCUT2D eigenvalue weighted by atomic mass is 10.0. The van der Waals surface area contributed by atoms with Crippen LogP contribution in [0, 0.1) is 0 Å². The quantitative estimate of drug-likeness (QED) is 0.681. The van der Waals surface area contributed by atoms with Crippen molar-refractivity contribution in [2.75, 3.05) is 6.61 Å². The summed E-state index contributed by atoms with van der Waals surface area (Å²) in [7, 11) is -2.03. The SMILES string of the molecule is CC(C)[Si](OCC(C(=O)O)c1ccccc1)(C(C)C)C(C)C. The highest BCUT2D eigenvalue weighted by atomic mass is 28.4. The summed E-state index contributed by atoms with van der Waals surface area (Å²) in [6.45, 7) is 13.5. The monoisotopic (exact) mass is 322 g/mol. The topological polar surface area (TPSA) is 46.5 Å². The molecule has 3 nitrogen and oxygen atoms in total. The first kappa shape index (κ1) is 18.9. The molecule has 1 unspecified atom stereocenters. The first-order valence-corrected chi connectivity index (χ1v) is 10.3. The largest absolute Gasteiger partial charge is 0.481 e. The zero-order chi connectivity index (χ0) is 16.9. The van der Waals surface area contributed by atoms with Crippen molar-refractivity contribution in [3.8, 4) is 0 Å². The molecular formula is C18H30O3Si. The fourth-order valence-corrected chi connectivity index (χ4v) is 9.18. The van der Waals surface area contributed by atoms with E-state index in [1.165, 1.54) is 0 Å². The van der Waals surface area contributed by atoms with Crippen LogP contribution in [0.15, 0.2) is 30.3 Å². The molecule has 124 valence electrons. The molecule has 4 heteroatoms. The van der Waals surface area contributed by atoms with Crippen molar-refractivity contribution in [1.82, 2.24) is 0 Å². The van der Waals surface area contributed by atoms with Crippen molar-refractivity contribution in [1.29, 1.82) is 0 Å². The molecule has 0 aliphatic rings. The van der Waals surface area contributed by atoms with Crippen LogP contribution >= 0.6 is 0 Å². The Morgan fingerprint density at radius 1 is 1.00 bits per heavy atom. The second-order valence-electron chi connectivity index (χ2n) is 6.93. The molecule has 22 heavy (non-hydrogen) atoms. The molecule has 1 atom stereocenters. The molecule has 0 aromatic heterocycles. The summed E-state index contributed by atoms with van der Waals surface area (Å²) in [6.07, 6.45) is 0. The zero-order valence-electron chi connectivity index (χ0n) is 14.7. The summed E-state index contributed by atoms with van der Waals surface area (Å²) in [5.41, 5.74) is 2.18. The Morgan fingerprint density at radius 2 is 1.45 bits per heavy atom. The first-order valence-electron chi connectivity index (χ1n) is 8.15. The highest BCUT2D eigenvalue weighted by molar-refractivity contribution is 6.77. The number of rotatable bonds is 8. The number of hydrogen-bond acceptors (Lipinski definition) is 2. The first-order chi connectivity index (χ1) is 10.2. The third kappa shape index (κ3) is 3.99. The number of carbonyl (C=O) groups is 1. The molecule has 0 aliphatic heterocycles. The number of carboxylic acid groups (broad SMARTS) is 1. The van der Waals surface area contributed by atoms with Gasteiger partial charge in [-0.1, -0.05) is 71.9 Å². The van der Waals surface area contributed by atoms with E-state index in [1.807, 2.05) is 30.3 Å². The number of hydrogen-bond donors (Lipinski definition) is 1. The molecule has 0 amide bonds. The van der Waals surface area contributed by atoms with E-state index in [4.69, 9.17) is 4.43 Å². The molecule has 0 radical (unpaired) electrons. The van der Waals surface area contributed by atoms with Crippen LogP contribution in [0.2, 0.25) is 16.6 Å². The Kier molecular flexibility index (Phi) is 6.82. The summed E-state index contributed by atoms with van der Waals surface area (Å²) < 4.78 is 6.45. The Morgan fingerprint density at radius 3 is 1.82 bits per heavy atom. The molecule has 1 rings (SSSR count). The maximum atomic E-state index is 11.7. The fraction of sp³-hybridized carbons (Fsp3) is 0.611. The van der Waals surface area contributed by atoms with Crippen LogP contribution < -0.4 is 0 Å². The average Bonchev–Trinajstić information content (AvgIpc) is 2.42. The molecule has 0 fully saturated rings. The third-order valence-corrected chi connectivity index (χ3v) is 10.8. The van der Waals surface area contributed by atoms with E-state index in [0.29, 0.717) is 16.6 Å². The summed E-state index contributed by atoms with van der Waals surface area (Å²) in [4.78, 5) is 11.7. The van der Waals surface area contributed by atoms with E-state index in [9.17, 15) is 9.90 Å². The lowest BCUT2D eigenvalue weighted by Gasteiger charge is -2.42. The van der Waals surface area contributed by atoms with Gasteiger partial charge < -0.3 is 9.53 Å². The normalized spacial score (nSPS) is 13.9. The van der Waals surface area contributed by atoms with Crippen LogP contribution in [-0.2, 0) is 9.22 Å². The molecule has 0 aliphatic carbocycles. The van der Waals surface area contributed by atoms with Crippen LogP contribution in [0.25, 0.3) is 0 Å². The number of benzene rings is 1. The van der Waals surface area contributed by atoms with Crippen LogP contribution in [0.4, 0.5) is 0 Å². The standard InChI is InChI=1S/C18H30O3Si/c1-13(2)22(14(3)4,15(5)6)21-12-17(18(19)20)16-10-8-7-9-11-16/h7-11,13-15,17H,12H2,1-6H3,(H,19,20). The number of aliphatic carboxylic acids is 1. The van der Waals surface area contributed by atoms with E-state index >= 15 is 0 Å². The van der Waals surface area contributed by atoms with Gasteiger partial charge in [-0.25, -0.2) is 0 Å². The molecule has 1 aromatic rings. The summed E-state index contributed by atoms with van der Waals surface area (Å²) in [5.74, 6) is -1.41. The Hall–Kier alpha value is -1.13. The molecular weight excluding hydrogens is 292 g/mol. The van der Waals surface area contributed by atoms with Crippen molar-refractivity contribution in [3.05, 3.63) is 35.9 Å². The van der Waals surface area contributed by atoms with Gasteiger partial charge in [-0.15, -0.1) is 0 Å². The van der Waals surface area contributed by atoms with Gasteiger partial charge in [0.15, 0.2) is 8.32 Å². The lowest BCUT2D eigenvalue weighted by molar-refractivity contribution is -0.139. The minimum Gasteiger partial charge on any atom is -0.481 e. The van der Waals surface area contributed by atoms with Crippen molar-refractivity contribution in [3.63, 3.8) is 0 Å². The van der Waals surface area contributed by atoms with E-state index in [1.54, 1.807) is 0 Å². The maximum absolute atomic E-state index is 11.7. The van der Waals surface area contributed by atoms with Crippen molar-refractivity contribution < 1.29 is 14.3 Å². The second-order valence-corrected chi connectivity index (χ2v) is 12.4. The zero-order valence-corrected chi connectivity index (χ0v) is 15.7. The van der Waals surface area contributed by atoms with E-state index in [0.717, 1.165) is 5.56 Å². The Balaban J connectivity index is 3.01. The minimum atomic E-state index is -2.03. The Bertz CT molecular complexity index is 447. The van der Waals surface area contributed by atoms with Gasteiger partial charge in [0.2, 0.25) is 0 Å². The van der Waals surface area contributed by atoms with Gasteiger partial charge in [-0.05, 0) is 22.2 Å².